The summed E-state index contributed by atoms with van der Waals surface area (Å²) >= 11 is 0. The standard InChI is InChI=1S/C18H19NO3S/c1-14(23(21,22)17-9-3-2-4-10-17)18(20)19-12-11-15-7-5-6-8-16(15)13-19/h2-10,14H,11-13H2,1H3/t14-/m0/s1. The molecule has 0 radical (unpaired) electrons. The van der Waals surface area contributed by atoms with Crippen molar-refractivity contribution in [3.63, 3.8) is 0 Å². The molecule has 2 aromatic rings. The van der Waals surface area contributed by atoms with E-state index >= 15 is 0 Å². The van der Waals surface area contributed by atoms with Crippen LogP contribution < -0.4 is 0 Å². The highest BCUT2D eigenvalue weighted by Gasteiger charge is 2.34. The van der Waals surface area contributed by atoms with Gasteiger partial charge in [0.05, 0.1) is 4.90 Å². The zero-order chi connectivity index (χ0) is 16.4. The van der Waals surface area contributed by atoms with E-state index in [0.717, 1.165) is 12.0 Å². The SMILES string of the molecule is C[C@@H](C(=O)N1CCc2ccccc2C1)S(=O)(=O)c1ccccc1. The first-order valence-corrected chi connectivity index (χ1v) is 9.19. The van der Waals surface area contributed by atoms with Gasteiger partial charge in [0, 0.05) is 13.1 Å². The van der Waals surface area contributed by atoms with Crippen LogP contribution in [0.3, 0.4) is 0 Å². The van der Waals surface area contributed by atoms with E-state index in [1.165, 1.54) is 24.6 Å². The van der Waals surface area contributed by atoms with Crippen molar-refractivity contribution in [1.29, 1.82) is 0 Å². The highest BCUT2D eigenvalue weighted by Crippen LogP contribution is 2.22. The molecule has 23 heavy (non-hydrogen) atoms. The summed E-state index contributed by atoms with van der Waals surface area (Å²) in [5.41, 5.74) is 2.33. The molecular formula is C18H19NO3S. The Morgan fingerprint density at radius 2 is 1.61 bits per heavy atom. The highest BCUT2D eigenvalue weighted by molar-refractivity contribution is 7.92. The van der Waals surface area contributed by atoms with Crippen molar-refractivity contribution in [2.24, 2.45) is 0 Å². The van der Waals surface area contributed by atoms with Gasteiger partial charge in [-0.15, -0.1) is 0 Å². The lowest BCUT2D eigenvalue weighted by molar-refractivity contribution is -0.131. The fourth-order valence-electron chi connectivity index (χ4n) is 2.89. The minimum Gasteiger partial charge on any atom is -0.337 e. The molecule has 5 heteroatoms. The van der Waals surface area contributed by atoms with Crippen LogP contribution in [0.4, 0.5) is 0 Å². The lowest BCUT2D eigenvalue weighted by Gasteiger charge is -2.30. The Labute approximate surface area is 136 Å². The Kier molecular flexibility index (Phi) is 4.22. The van der Waals surface area contributed by atoms with E-state index in [2.05, 4.69) is 6.07 Å². The number of amides is 1. The van der Waals surface area contributed by atoms with E-state index in [1.807, 2.05) is 18.2 Å². The molecule has 2 aromatic carbocycles. The fourth-order valence-corrected chi connectivity index (χ4v) is 4.25. The second kappa shape index (κ2) is 6.16. The molecule has 0 saturated carbocycles. The molecule has 0 saturated heterocycles. The van der Waals surface area contributed by atoms with Gasteiger partial charge in [-0.2, -0.15) is 0 Å². The summed E-state index contributed by atoms with van der Waals surface area (Å²) < 4.78 is 25.2. The second-order valence-electron chi connectivity index (χ2n) is 5.78. The molecule has 0 fully saturated rings. The Balaban J connectivity index is 1.81. The van der Waals surface area contributed by atoms with Crippen molar-refractivity contribution in [2.45, 2.75) is 30.0 Å². The average Bonchev–Trinajstić information content (AvgIpc) is 2.60. The van der Waals surface area contributed by atoms with E-state index in [1.54, 1.807) is 23.1 Å². The molecule has 1 atom stereocenters. The van der Waals surface area contributed by atoms with E-state index in [4.69, 9.17) is 0 Å². The van der Waals surface area contributed by atoms with Gasteiger partial charge >= 0.3 is 0 Å². The predicted molar refractivity (Wildman–Crippen MR) is 88.7 cm³/mol. The Hall–Kier alpha value is -2.14. The first-order valence-electron chi connectivity index (χ1n) is 7.64. The maximum absolute atomic E-state index is 12.7. The molecule has 1 aliphatic heterocycles. The zero-order valence-electron chi connectivity index (χ0n) is 13.0. The van der Waals surface area contributed by atoms with Crippen molar-refractivity contribution in [2.75, 3.05) is 6.54 Å². The Bertz CT molecular complexity index is 815. The monoisotopic (exact) mass is 329 g/mol. The van der Waals surface area contributed by atoms with Gasteiger partial charge in [0.25, 0.3) is 0 Å². The number of carbonyl (C=O) groups is 1. The van der Waals surface area contributed by atoms with Crippen molar-refractivity contribution < 1.29 is 13.2 Å². The molecule has 0 spiro atoms. The molecular weight excluding hydrogens is 310 g/mol. The molecule has 1 heterocycles. The van der Waals surface area contributed by atoms with Gasteiger partial charge in [0.2, 0.25) is 5.91 Å². The normalized spacial score (nSPS) is 15.8. The van der Waals surface area contributed by atoms with Crippen LogP contribution in [-0.2, 0) is 27.6 Å². The molecule has 0 bridgehead atoms. The van der Waals surface area contributed by atoms with Crippen LogP contribution in [-0.4, -0.2) is 31.0 Å². The van der Waals surface area contributed by atoms with Gasteiger partial charge < -0.3 is 4.90 Å². The summed E-state index contributed by atoms with van der Waals surface area (Å²) in [6.07, 6.45) is 0.764. The number of benzene rings is 2. The fraction of sp³-hybridized carbons (Fsp3) is 0.278. The molecule has 120 valence electrons. The van der Waals surface area contributed by atoms with Gasteiger partial charge in [-0.25, -0.2) is 8.42 Å². The summed E-state index contributed by atoms with van der Waals surface area (Å²) in [7, 11) is -3.66. The lowest BCUT2D eigenvalue weighted by Crippen LogP contribution is -2.43. The molecule has 0 N–H and O–H groups in total. The summed E-state index contributed by atoms with van der Waals surface area (Å²) in [6.45, 7) is 2.51. The molecule has 0 unspecified atom stereocenters. The number of carbonyl (C=O) groups excluding carboxylic acids is 1. The number of rotatable bonds is 3. The number of fused-ring (bicyclic) bond motifs is 1. The largest absolute Gasteiger partial charge is 0.337 e. The van der Waals surface area contributed by atoms with Crippen LogP contribution >= 0.6 is 0 Å². The first kappa shape index (κ1) is 15.7. The highest BCUT2D eigenvalue weighted by atomic mass is 32.2. The third kappa shape index (κ3) is 3.01. The van der Waals surface area contributed by atoms with Crippen LogP contribution in [0.5, 0.6) is 0 Å². The summed E-state index contributed by atoms with van der Waals surface area (Å²) in [6, 6.07) is 16.1. The van der Waals surface area contributed by atoms with Crippen molar-refractivity contribution in [1.82, 2.24) is 4.90 Å². The van der Waals surface area contributed by atoms with E-state index in [9.17, 15) is 13.2 Å². The molecule has 3 rings (SSSR count). The molecule has 0 aliphatic carbocycles. The van der Waals surface area contributed by atoms with Crippen molar-refractivity contribution in [3.8, 4) is 0 Å². The van der Waals surface area contributed by atoms with Crippen molar-refractivity contribution >= 4 is 15.7 Å². The van der Waals surface area contributed by atoms with Gasteiger partial charge in [-0.1, -0.05) is 42.5 Å². The van der Waals surface area contributed by atoms with E-state index in [-0.39, 0.29) is 10.8 Å². The lowest BCUT2D eigenvalue weighted by atomic mass is 10.00. The van der Waals surface area contributed by atoms with Crippen molar-refractivity contribution in [3.05, 3.63) is 65.7 Å². The zero-order valence-corrected chi connectivity index (χ0v) is 13.8. The summed E-state index contributed by atoms with van der Waals surface area (Å²) in [5, 5.41) is -1.07. The average molecular weight is 329 g/mol. The van der Waals surface area contributed by atoms with Gasteiger partial charge in [-0.05, 0) is 36.6 Å². The maximum Gasteiger partial charge on any atom is 0.241 e. The van der Waals surface area contributed by atoms with Crippen LogP contribution in [0.25, 0.3) is 0 Å². The number of sulfone groups is 1. The van der Waals surface area contributed by atoms with Gasteiger partial charge in [0.15, 0.2) is 9.84 Å². The minimum atomic E-state index is -3.66. The van der Waals surface area contributed by atoms with E-state index in [0.29, 0.717) is 13.1 Å². The topological polar surface area (TPSA) is 54.5 Å². The number of nitrogens with zero attached hydrogens (tertiary/aromatic N) is 1. The third-order valence-corrected chi connectivity index (χ3v) is 6.39. The minimum absolute atomic E-state index is 0.193. The molecule has 0 aromatic heterocycles. The molecule has 1 aliphatic rings. The smallest absolute Gasteiger partial charge is 0.241 e. The van der Waals surface area contributed by atoms with E-state index < -0.39 is 15.1 Å². The summed E-state index contributed by atoms with van der Waals surface area (Å²) in [4.78, 5) is 14.5. The quantitative estimate of drug-likeness (QED) is 0.869. The first-order chi connectivity index (χ1) is 11.0. The maximum atomic E-state index is 12.7. The predicted octanol–water partition coefficient (Wildman–Crippen LogP) is 2.43. The number of hydrogen-bond acceptors (Lipinski definition) is 3. The van der Waals surface area contributed by atoms with Crippen LogP contribution in [0, 0.1) is 0 Å². The van der Waals surface area contributed by atoms with Gasteiger partial charge in [-0.3, -0.25) is 4.79 Å². The molecule has 4 nitrogen and oxygen atoms in total. The third-order valence-electron chi connectivity index (χ3n) is 4.33. The summed E-state index contributed by atoms with van der Waals surface area (Å²) in [5.74, 6) is -0.330. The molecule has 1 amide bonds. The second-order valence-corrected chi connectivity index (χ2v) is 8.05. The number of hydrogen-bond donors (Lipinski definition) is 0. The van der Waals surface area contributed by atoms with Gasteiger partial charge in [0.1, 0.15) is 5.25 Å². The van der Waals surface area contributed by atoms with Crippen LogP contribution in [0.2, 0.25) is 0 Å². The Morgan fingerprint density at radius 3 is 2.30 bits per heavy atom. The van der Waals surface area contributed by atoms with Crippen LogP contribution in [0.15, 0.2) is 59.5 Å². The Morgan fingerprint density at radius 1 is 1.00 bits per heavy atom. The van der Waals surface area contributed by atoms with Crippen LogP contribution in [0.1, 0.15) is 18.1 Å².